The SMILES string of the molecule is BrCCOC1C=Cc2[c]cccc21. The second-order valence-corrected chi connectivity index (χ2v) is 3.67. The first kappa shape index (κ1) is 8.97. The molecule has 1 aliphatic carbocycles. The second-order valence-electron chi connectivity index (χ2n) is 2.88. The fourth-order valence-electron chi connectivity index (χ4n) is 1.46. The fraction of sp³-hybridized carbons (Fsp3) is 0.273. The van der Waals surface area contributed by atoms with Gasteiger partial charge in [-0.25, -0.2) is 0 Å². The van der Waals surface area contributed by atoms with Gasteiger partial charge in [0.15, 0.2) is 0 Å². The van der Waals surface area contributed by atoms with Crippen molar-refractivity contribution in [2.24, 2.45) is 0 Å². The predicted molar refractivity (Wildman–Crippen MR) is 56.8 cm³/mol. The zero-order valence-corrected chi connectivity index (χ0v) is 8.75. The van der Waals surface area contributed by atoms with Crippen LogP contribution in [0, 0.1) is 6.07 Å². The van der Waals surface area contributed by atoms with E-state index < -0.39 is 0 Å². The largest absolute Gasteiger partial charge is 0.369 e. The van der Waals surface area contributed by atoms with E-state index in [-0.39, 0.29) is 6.10 Å². The van der Waals surface area contributed by atoms with Crippen LogP contribution in [-0.2, 0) is 4.74 Å². The molecule has 0 spiro atoms. The standard InChI is InChI=1S/C11H10BrO/c12-7-8-13-11-6-5-9-3-1-2-4-10(9)11/h1-2,4-6,11H,7-8H2. The number of halogens is 1. The fourth-order valence-corrected chi connectivity index (χ4v) is 1.65. The van der Waals surface area contributed by atoms with Crippen molar-refractivity contribution < 1.29 is 4.74 Å². The molecule has 2 rings (SSSR count). The van der Waals surface area contributed by atoms with Crippen molar-refractivity contribution in [1.82, 2.24) is 0 Å². The highest BCUT2D eigenvalue weighted by Crippen LogP contribution is 2.29. The number of benzene rings is 1. The van der Waals surface area contributed by atoms with Crippen molar-refractivity contribution in [2.45, 2.75) is 6.10 Å². The lowest BCUT2D eigenvalue weighted by Crippen LogP contribution is -2.01. The molecule has 1 unspecified atom stereocenters. The van der Waals surface area contributed by atoms with E-state index in [1.54, 1.807) is 0 Å². The van der Waals surface area contributed by atoms with E-state index in [4.69, 9.17) is 4.74 Å². The van der Waals surface area contributed by atoms with E-state index in [2.05, 4.69) is 40.2 Å². The van der Waals surface area contributed by atoms with Gasteiger partial charge in [0.25, 0.3) is 0 Å². The van der Waals surface area contributed by atoms with Gasteiger partial charge in [-0.2, -0.15) is 0 Å². The number of hydrogen-bond donors (Lipinski definition) is 0. The third kappa shape index (κ3) is 1.84. The Morgan fingerprint density at radius 3 is 3.31 bits per heavy atom. The molecular formula is C11H10BrO. The normalized spacial score (nSPS) is 19.0. The van der Waals surface area contributed by atoms with Gasteiger partial charge in [-0.05, 0) is 17.2 Å². The van der Waals surface area contributed by atoms with Crippen LogP contribution < -0.4 is 0 Å². The first-order chi connectivity index (χ1) is 6.42. The molecule has 1 aliphatic rings. The highest BCUT2D eigenvalue weighted by Gasteiger charge is 2.16. The maximum Gasteiger partial charge on any atom is 0.102 e. The Morgan fingerprint density at radius 2 is 2.46 bits per heavy atom. The molecule has 1 nitrogen and oxygen atoms in total. The minimum Gasteiger partial charge on any atom is -0.369 e. The van der Waals surface area contributed by atoms with Crippen molar-refractivity contribution >= 4 is 22.0 Å². The molecule has 0 heterocycles. The van der Waals surface area contributed by atoms with Gasteiger partial charge in [-0.3, -0.25) is 0 Å². The van der Waals surface area contributed by atoms with Gasteiger partial charge < -0.3 is 4.74 Å². The molecule has 0 bridgehead atoms. The lowest BCUT2D eigenvalue weighted by Gasteiger charge is -2.10. The van der Waals surface area contributed by atoms with Crippen LogP contribution in [0.5, 0.6) is 0 Å². The number of rotatable bonds is 3. The zero-order chi connectivity index (χ0) is 9.10. The minimum absolute atomic E-state index is 0.130. The second kappa shape index (κ2) is 4.07. The Kier molecular flexibility index (Phi) is 2.81. The van der Waals surface area contributed by atoms with Gasteiger partial charge in [0, 0.05) is 5.33 Å². The Labute approximate surface area is 86.5 Å². The van der Waals surface area contributed by atoms with Crippen LogP contribution >= 0.6 is 15.9 Å². The summed E-state index contributed by atoms with van der Waals surface area (Å²) in [6, 6.07) is 9.19. The summed E-state index contributed by atoms with van der Waals surface area (Å²) in [5, 5.41) is 0.878. The van der Waals surface area contributed by atoms with Crippen molar-refractivity contribution in [2.75, 3.05) is 11.9 Å². The minimum atomic E-state index is 0.130. The van der Waals surface area contributed by atoms with Gasteiger partial charge in [-0.15, -0.1) is 0 Å². The van der Waals surface area contributed by atoms with Crippen LogP contribution in [0.1, 0.15) is 17.2 Å². The van der Waals surface area contributed by atoms with Crippen LogP contribution in [0.4, 0.5) is 0 Å². The summed E-state index contributed by atoms with van der Waals surface area (Å²) in [5.41, 5.74) is 2.38. The molecule has 67 valence electrons. The van der Waals surface area contributed by atoms with Crippen LogP contribution in [-0.4, -0.2) is 11.9 Å². The molecule has 0 fully saturated rings. The topological polar surface area (TPSA) is 9.23 Å². The molecular weight excluding hydrogens is 228 g/mol. The molecule has 1 atom stereocenters. The molecule has 13 heavy (non-hydrogen) atoms. The van der Waals surface area contributed by atoms with E-state index in [1.807, 2.05) is 12.1 Å². The molecule has 0 aromatic heterocycles. The number of alkyl halides is 1. The van der Waals surface area contributed by atoms with Gasteiger partial charge in [-0.1, -0.05) is 46.3 Å². The smallest absolute Gasteiger partial charge is 0.102 e. The molecule has 1 aromatic rings. The third-order valence-corrected chi connectivity index (χ3v) is 2.36. The Morgan fingerprint density at radius 1 is 1.54 bits per heavy atom. The molecule has 0 aliphatic heterocycles. The predicted octanol–water partition coefficient (Wildman–Crippen LogP) is 2.97. The van der Waals surface area contributed by atoms with Crippen molar-refractivity contribution in [3.63, 3.8) is 0 Å². The van der Waals surface area contributed by atoms with Crippen LogP contribution in [0.2, 0.25) is 0 Å². The highest BCUT2D eigenvalue weighted by molar-refractivity contribution is 9.09. The summed E-state index contributed by atoms with van der Waals surface area (Å²) < 4.78 is 5.62. The zero-order valence-electron chi connectivity index (χ0n) is 7.16. The average molecular weight is 238 g/mol. The molecule has 2 heteroatoms. The average Bonchev–Trinajstić information content (AvgIpc) is 2.58. The molecule has 0 saturated carbocycles. The Balaban J connectivity index is 2.14. The van der Waals surface area contributed by atoms with Crippen LogP contribution in [0.25, 0.3) is 6.08 Å². The molecule has 0 amide bonds. The first-order valence-corrected chi connectivity index (χ1v) is 5.40. The van der Waals surface area contributed by atoms with E-state index >= 15 is 0 Å². The van der Waals surface area contributed by atoms with Crippen molar-refractivity contribution in [3.05, 3.63) is 41.5 Å². The Hall–Kier alpha value is -0.600. The summed E-state index contributed by atoms with van der Waals surface area (Å²) in [7, 11) is 0. The molecule has 1 aromatic carbocycles. The quantitative estimate of drug-likeness (QED) is 0.735. The van der Waals surface area contributed by atoms with Crippen molar-refractivity contribution in [1.29, 1.82) is 0 Å². The lowest BCUT2D eigenvalue weighted by molar-refractivity contribution is 0.102. The summed E-state index contributed by atoms with van der Waals surface area (Å²) in [6.45, 7) is 0.739. The number of hydrogen-bond acceptors (Lipinski definition) is 1. The molecule has 1 radical (unpaired) electrons. The van der Waals surface area contributed by atoms with E-state index in [1.165, 1.54) is 5.56 Å². The van der Waals surface area contributed by atoms with Gasteiger partial charge in [0.05, 0.1) is 6.61 Å². The van der Waals surface area contributed by atoms with E-state index in [9.17, 15) is 0 Å². The van der Waals surface area contributed by atoms with Crippen LogP contribution in [0.3, 0.4) is 0 Å². The van der Waals surface area contributed by atoms with Gasteiger partial charge in [0.2, 0.25) is 0 Å². The van der Waals surface area contributed by atoms with E-state index in [0.717, 1.165) is 17.5 Å². The van der Waals surface area contributed by atoms with Crippen molar-refractivity contribution in [3.8, 4) is 0 Å². The lowest BCUT2D eigenvalue weighted by atomic mass is 10.1. The van der Waals surface area contributed by atoms with Gasteiger partial charge in [0.1, 0.15) is 6.10 Å². The number of ether oxygens (including phenoxy) is 1. The maximum absolute atomic E-state index is 5.62. The number of fused-ring (bicyclic) bond motifs is 1. The third-order valence-electron chi connectivity index (χ3n) is 2.04. The van der Waals surface area contributed by atoms with E-state index in [0.29, 0.717) is 0 Å². The van der Waals surface area contributed by atoms with Crippen LogP contribution in [0.15, 0.2) is 24.3 Å². The highest BCUT2D eigenvalue weighted by atomic mass is 79.9. The summed E-state index contributed by atoms with van der Waals surface area (Å²) in [5.74, 6) is 0. The summed E-state index contributed by atoms with van der Waals surface area (Å²) >= 11 is 3.34. The first-order valence-electron chi connectivity index (χ1n) is 4.28. The summed E-state index contributed by atoms with van der Waals surface area (Å²) in [4.78, 5) is 0. The maximum atomic E-state index is 5.62. The Bertz CT molecular complexity index is 320. The molecule has 0 saturated heterocycles. The molecule has 0 N–H and O–H groups in total. The monoisotopic (exact) mass is 237 g/mol. The summed E-state index contributed by atoms with van der Waals surface area (Å²) in [6.07, 6.45) is 4.27. The van der Waals surface area contributed by atoms with Gasteiger partial charge >= 0.3 is 0 Å².